The Balaban J connectivity index is 3.62. The van der Waals surface area contributed by atoms with E-state index in [0.29, 0.717) is 0 Å². The highest BCUT2D eigenvalue weighted by atomic mass is 19.3. The summed E-state index contributed by atoms with van der Waals surface area (Å²) in [5, 5.41) is 8.19. The lowest BCUT2D eigenvalue weighted by Gasteiger charge is -2.15. The maximum atomic E-state index is 12.0. The minimum Gasteiger partial charge on any atom is -0.396 e. The molecule has 0 rings (SSSR count). The summed E-state index contributed by atoms with van der Waals surface area (Å²) < 4.78 is 23.9. The van der Waals surface area contributed by atoms with E-state index < -0.39 is 18.4 Å². The van der Waals surface area contributed by atoms with E-state index in [1.54, 1.807) is 0 Å². The standard InChI is InChI=1S/C5H10F2O/c1-4(3-8)5(2,6)7/h4,8H,3H2,1-2H3/t4-/m0/s1. The van der Waals surface area contributed by atoms with Crippen molar-refractivity contribution >= 4 is 0 Å². The molecule has 3 heteroatoms. The van der Waals surface area contributed by atoms with E-state index in [4.69, 9.17) is 5.11 Å². The first-order valence-electron chi connectivity index (χ1n) is 2.47. The molecule has 0 aliphatic heterocycles. The van der Waals surface area contributed by atoms with Gasteiger partial charge in [-0.15, -0.1) is 0 Å². The molecule has 0 bridgehead atoms. The average Bonchev–Trinajstić information content (AvgIpc) is 1.62. The molecule has 0 spiro atoms. The fourth-order valence-corrected chi connectivity index (χ4v) is 0.160. The first kappa shape index (κ1) is 7.82. The van der Waals surface area contributed by atoms with Crippen molar-refractivity contribution in [3.05, 3.63) is 0 Å². The van der Waals surface area contributed by atoms with E-state index >= 15 is 0 Å². The van der Waals surface area contributed by atoms with Gasteiger partial charge in [0, 0.05) is 5.92 Å². The lowest BCUT2D eigenvalue weighted by Crippen LogP contribution is -2.24. The van der Waals surface area contributed by atoms with E-state index in [9.17, 15) is 8.78 Å². The number of halogens is 2. The van der Waals surface area contributed by atoms with Crippen LogP contribution in [0, 0.1) is 5.92 Å². The second kappa shape index (κ2) is 2.40. The number of hydrogen-bond donors (Lipinski definition) is 1. The molecule has 0 amide bonds. The van der Waals surface area contributed by atoms with Crippen LogP contribution in [-0.2, 0) is 0 Å². The second-order valence-corrected chi connectivity index (χ2v) is 2.04. The smallest absolute Gasteiger partial charge is 0.250 e. The lowest BCUT2D eigenvalue weighted by molar-refractivity contribution is -0.0511. The van der Waals surface area contributed by atoms with Gasteiger partial charge in [0.15, 0.2) is 0 Å². The molecule has 1 N–H and O–H groups in total. The SMILES string of the molecule is C[C@@H](CO)C(C)(F)F. The summed E-state index contributed by atoms with van der Waals surface area (Å²) in [6, 6.07) is 0. The molecular weight excluding hydrogens is 114 g/mol. The van der Waals surface area contributed by atoms with Gasteiger partial charge >= 0.3 is 0 Å². The van der Waals surface area contributed by atoms with E-state index in [1.165, 1.54) is 6.92 Å². The third-order valence-corrected chi connectivity index (χ3v) is 1.14. The Morgan fingerprint density at radius 2 is 2.00 bits per heavy atom. The second-order valence-electron chi connectivity index (χ2n) is 2.04. The van der Waals surface area contributed by atoms with Crippen LogP contribution in [0.2, 0.25) is 0 Å². The molecule has 0 aromatic carbocycles. The fourth-order valence-electron chi connectivity index (χ4n) is 0.160. The average molecular weight is 124 g/mol. The Labute approximate surface area is 47.3 Å². The lowest BCUT2D eigenvalue weighted by atomic mass is 10.1. The zero-order chi connectivity index (χ0) is 6.78. The first-order chi connectivity index (χ1) is 3.48. The van der Waals surface area contributed by atoms with Crippen LogP contribution in [0.1, 0.15) is 13.8 Å². The largest absolute Gasteiger partial charge is 0.396 e. The van der Waals surface area contributed by atoms with Crippen LogP contribution in [0.15, 0.2) is 0 Å². The van der Waals surface area contributed by atoms with Crippen LogP contribution in [0.4, 0.5) is 8.78 Å². The summed E-state index contributed by atoms with van der Waals surface area (Å²) in [5.74, 6) is -3.67. The van der Waals surface area contributed by atoms with Gasteiger partial charge < -0.3 is 5.11 Å². The molecule has 0 saturated heterocycles. The molecule has 8 heavy (non-hydrogen) atoms. The zero-order valence-electron chi connectivity index (χ0n) is 4.99. The van der Waals surface area contributed by atoms with Crippen molar-refractivity contribution in [3.63, 3.8) is 0 Å². The Morgan fingerprint density at radius 1 is 1.62 bits per heavy atom. The maximum absolute atomic E-state index is 12.0. The van der Waals surface area contributed by atoms with Crippen molar-refractivity contribution in [2.45, 2.75) is 19.8 Å². The number of aliphatic hydroxyl groups excluding tert-OH is 1. The minimum absolute atomic E-state index is 0.455. The van der Waals surface area contributed by atoms with Crippen molar-refractivity contribution in [2.75, 3.05) is 6.61 Å². The monoisotopic (exact) mass is 124 g/mol. The molecule has 0 fully saturated rings. The third kappa shape index (κ3) is 2.21. The summed E-state index contributed by atoms with van der Waals surface area (Å²) in [6.07, 6.45) is 0. The van der Waals surface area contributed by atoms with Crippen molar-refractivity contribution in [1.82, 2.24) is 0 Å². The molecule has 0 saturated carbocycles. The zero-order valence-corrected chi connectivity index (χ0v) is 4.99. The van der Waals surface area contributed by atoms with Crippen molar-refractivity contribution in [1.29, 1.82) is 0 Å². The van der Waals surface area contributed by atoms with Crippen LogP contribution < -0.4 is 0 Å². The normalized spacial score (nSPS) is 16.1. The van der Waals surface area contributed by atoms with Gasteiger partial charge in [-0.3, -0.25) is 0 Å². The van der Waals surface area contributed by atoms with Crippen LogP contribution in [-0.4, -0.2) is 17.6 Å². The fraction of sp³-hybridized carbons (Fsp3) is 1.00. The summed E-state index contributed by atoms with van der Waals surface area (Å²) in [4.78, 5) is 0. The maximum Gasteiger partial charge on any atom is 0.250 e. The van der Waals surface area contributed by atoms with Crippen LogP contribution in [0.25, 0.3) is 0 Å². The molecule has 0 aliphatic rings. The molecule has 0 heterocycles. The Bertz CT molecular complexity index is 67.3. The highest BCUT2D eigenvalue weighted by molar-refractivity contribution is 4.65. The van der Waals surface area contributed by atoms with Gasteiger partial charge in [0.1, 0.15) is 0 Å². The van der Waals surface area contributed by atoms with E-state index in [2.05, 4.69) is 0 Å². The number of rotatable bonds is 2. The van der Waals surface area contributed by atoms with Gasteiger partial charge in [-0.25, -0.2) is 8.78 Å². The Kier molecular flexibility index (Phi) is 2.34. The van der Waals surface area contributed by atoms with Gasteiger partial charge in [0.25, 0.3) is 0 Å². The Morgan fingerprint density at radius 3 is 2.00 bits per heavy atom. The topological polar surface area (TPSA) is 20.2 Å². The molecule has 0 aliphatic carbocycles. The number of alkyl halides is 2. The number of hydrogen-bond acceptors (Lipinski definition) is 1. The quantitative estimate of drug-likeness (QED) is 0.587. The predicted molar refractivity (Wildman–Crippen MR) is 26.9 cm³/mol. The molecule has 0 aromatic heterocycles. The van der Waals surface area contributed by atoms with Crippen molar-refractivity contribution in [3.8, 4) is 0 Å². The van der Waals surface area contributed by atoms with Crippen molar-refractivity contribution in [2.24, 2.45) is 5.92 Å². The predicted octanol–water partition coefficient (Wildman–Crippen LogP) is 1.27. The molecule has 0 aromatic rings. The van der Waals surface area contributed by atoms with Gasteiger partial charge in [-0.2, -0.15) is 0 Å². The Hall–Kier alpha value is -0.180. The van der Waals surface area contributed by atoms with Crippen LogP contribution >= 0.6 is 0 Å². The summed E-state index contributed by atoms with van der Waals surface area (Å²) >= 11 is 0. The van der Waals surface area contributed by atoms with Crippen LogP contribution in [0.5, 0.6) is 0 Å². The number of aliphatic hydroxyl groups is 1. The molecule has 50 valence electrons. The van der Waals surface area contributed by atoms with Gasteiger partial charge in [-0.05, 0) is 6.92 Å². The van der Waals surface area contributed by atoms with Gasteiger partial charge in [0.05, 0.1) is 6.61 Å². The van der Waals surface area contributed by atoms with Gasteiger partial charge in [-0.1, -0.05) is 6.92 Å². The molecule has 0 unspecified atom stereocenters. The van der Waals surface area contributed by atoms with E-state index in [0.717, 1.165) is 6.92 Å². The molecule has 0 radical (unpaired) electrons. The van der Waals surface area contributed by atoms with E-state index in [-0.39, 0.29) is 0 Å². The molecule has 1 atom stereocenters. The summed E-state index contributed by atoms with van der Waals surface area (Å²) in [7, 11) is 0. The highest BCUT2D eigenvalue weighted by Gasteiger charge is 2.28. The minimum atomic E-state index is -2.74. The summed E-state index contributed by atoms with van der Waals surface area (Å²) in [5.41, 5.74) is 0. The first-order valence-corrected chi connectivity index (χ1v) is 2.47. The third-order valence-electron chi connectivity index (χ3n) is 1.14. The summed E-state index contributed by atoms with van der Waals surface area (Å²) in [6.45, 7) is 1.65. The van der Waals surface area contributed by atoms with E-state index in [1.807, 2.05) is 0 Å². The van der Waals surface area contributed by atoms with Gasteiger partial charge in [0.2, 0.25) is 5.92 Å². The van der Waals surface area contributed by atoms with Crippen LogP contribution in [0.3, 0.4) is 0 Å². The molecular formula is C5H10F2O. The van der Waals surface area contributed by atoms with Crippen molar-refractivity contribution < 1.29 is 13.9 Å². The molecule has 1 nitrogen and oxygen atoms in total. The highest BCUT2D eigenvalue weighted by Crippen LogP contribution is 2.21.